The predicted molar refractivity (Wildman–Crippen MR) is 39.4 cm³/mol. The SMILES string of the molecule is CNC(=O)c1c[n+]([O-])cc(=O)[nH]1. The number of H-pyrrole nitrogens is 1. The van der Waals surface area contributed by atoms with Gasteiger partial charge in [0.1, 0.15) is 0 Å². The number of nitrogens with one attached hydrogen (secondary N) is 2. The second-order valence-corrected chi connectivity index (χ2v) is 2.10. The lowest BCUT2D eigenvalue weighted by Gasteiger charge is -1.98. The first-order chi connectivity index (χ1) is 5.63. The summed E-state index contributed by atoms with van der Waals surface area (Å²) in [6.07, 6.45) is 1.78. The molecule has 0 atom stereocenters. The van der Waals surface area contributed by atoms with Crippen LogP contribution in [0.25, 0.3) is 0 Å². The zero-order valence-corrected chi connectivity index (χ0v) is 6.33. The highest BCUT2D eigenvalue weighted by Crippen LogP contribution is 1.83. The summed E-state index contributed by atoms with van der Waals surface area (Å²) in [5.74, 6) is -0.502. The van der Waals surface area contributed by atoms with Gasteiger partial charge in [-0.2, -0.15) is 4.73 Å². The summed E-state index contributed by atoms with van der Waals surface area (Å²) < 4.78 is 0.281. The molecular weight excluding hydrogens is 162 g/mol. The van der Waals surface area contributed by atoms with Gasteiger partial charge in [0.15, 0.2) is 5.69 Å². The van der Waals surface area contributed by atoms with E-state index in [0.717, 1.165) is 12.4 Å². The predicted octanol–water partition coefficient (Wildman–Crippen LogP) is -1.63. The first-order valence-corrected chi connectivity index (χ1v) is 3.18. The van der Waals surface area contributed by atoms with E-state index in [1.165, 1.54) is 7.05 Å². The second kappa shape index (κ2) is 3.04. The zero-order valence-electron chi connectivity index (χ0n) is 6.33. The number of carbonyl (C=O) groups excluding carboxylic acids is 1. The molecule has 1 aromatic heterocycles. The van der Waals surface area contributed by atoms with Crippen molar-refractivity contribution in [3.63, 3.8) is 0 Å². The van der Waals surface area contributed by atoms with Crippen molar-refractivity contribution < 1.29 is 9.52 Å². The smallest absolute Gasteiger partial charge is 0.314 e. The van der Waals surface area contributed by atoms with Gasteiger partial charge in [0.2, 0.25) is 12.4 Å². The van der Waals surface area contributed by atoms with Gasteiger partial charge in [0.25, 0.3) is 5.91 Å². The van der Waals surface area contributed by atoms with Gasteiger partial charge in [-0.05, 0) is 0 Å². The molecule has 0 saturated heterocycles. The monoisotopic (exact) mass is 169 g/mol. The number of nitrogens with zero attached hydrogens (tertiary/aromatic N) is 1. The third-order valence-corrected chi connectivity index (χ3v) is 1.23. The molecule has 0 unspecified atom stereocenters. The van der Waals surface area contributed by atoms with Crippen LogP contribution in [0.1, 0.15) is 10.5 Å². The van der Waals surface area contributed by atoms with Crippen molar-refractivity contribution in [3.8, 4) is 0 Å². The van der Waals surface area contributed by atoms with Crippen LogP contribution in [-0.2, 0) is 0 Å². The normalized spacial score (nSPS) is 9.42. The van der Waals surface area contributed by atoms with E-state index in [1.54, 1.807) is 0 Å². The summed E-state index contributed by atoms with van der Waals surface area (Å²) in [7, 11) is 1.41. The van der Waals surface area contributed by atoms with Crippen LogP contribution in [0.2, 0.25) is 0 Å². The number of hydrogen-bond acceptors (Lipinski definition) is 3. The Morgan fingerprint density at radius 1 is 1.67 bits per heavy atom. The van der Waals surface area contributed by atoms with Crippen molar-refractivity contribution in [2.45, 2.75) is 0 Å². The maximum absolute atomic E-state index is 10.9. The minimum Gasteiger partial charge on any atom is -0.618 e. The van der Waals surface area contributed by atoms with Crippen molar-refractivity contribution in [1.29, 1.82) is 0 Å². The van der Waals surface area contributed by atoms with Gasteiger partial charge in [0, 0.05) is 7.05 Å². The molecule has 1 heterocycles. The van der Waals surface area contributed by atoms with E-state index in [0.29, 0.717) is 0 Å². The molecule has 64 valence electrons. The third kappa shape index (κ3) is 1.60. The van der Waals surface area contributed by atoms with E-state index in [2.05, 4.69) is 10.3 Å². The van der Waals surface area contributed by atoms with Gasteiger partial charge in [0.05, 0.1) is 0 Å². The van der Waals surface area contributed by atoms with Crippen molar-refractivity contribution in [2.24, 2.45) is 0 Å². The van der Waals surface area contributed by atoms with Gasteiger partial charge in [-0.1, -0.05) is 0 Å². The Morgan fingerprint density at radius 3 is 2.83 bits per heavy atom. The number of rotatable bonds is 1. The third-order valence-electron chi connectivity index (χ3n) is 1.23. The molecule has 0 aromatic carbocycles. The molecule has 6 nitrogen and oxygen atoms in total. The first-order valence-electron chi connectivity index (χ1n) is 3.18. The van der Waals surface area contributed by atoms with Gasteiger partial charge in [-0.3, -0.25) is 9.59 Å². The lowest BCUT2D eigenvalue weighted by molar-refractivity contribution is -0.607. The van der Waals surface area contributed by atoms with E-state index < -0.39 is 11.5 Å². The number of aromatic nitrogens is 2. The van der Waals surface area contributed by atoms with Crippen LogP contribution in [0.4, 0.5) is 0 Å². The molecule has 1 rings (SSSR count). The van der Waals surface area contributed by atoms with E-state index in [-0.39, 0.29) is 10.4 Å². The number of amides is 1. The van der Waals surface area contributed by atoms with Crippen molar-refractivity contribution >= 4 is 5.91 Å². The summed E-state index contributed by atoms with van der Waals surface area (Å²) >= 11 is 0. The van der Waals surface area contributed by atoms with Crippen LogP contribution in [-0.4, -0.2) is 17.9 Å². The van der Waals surface area contributed by atoms with Crippen LogP contribution >= 0.6 is 0 Å². The topological polar surface area (TPSA) is 88.9 Å². The average molecular weight is 169 g/mol. The Morgan fingerprint density at radius 2 is 2.33 bits per heavy atom. The average Bonchev–Trinajstić information content (AvgIpc) is 2.01. The summed E-state index contributed by atoms with van der Waals surface area (Å²) in [4.78, 5) is 23.8. The Labute approximate surface area is 67.4 Å². The second-order valence-electron chi connectivity index (χ2n) is 2.10. The van der Waals surface area contributed by atoms with Gasteiger partial charge < -0.3 is 15.5 Å². The molecule has 0 aliphatic rings. The van der Waals surface area contributed by atoms with Crippen LogP contribution in [0.3, 0.4) is 0 Å². The summed E-state index contributed by atoms with van der Waals surface area (Å²) in [6.45, 7) is 0. The molecule has 12 heavy (non-hydrogen) atoms. The van der Waals surface area contributed by atoms with Crippen LogP contribution in [0, 0.1) is 5.21 Å². The van der Waals surface area contributed by atoms with Crippen LogP contribution in [0.15, 0.2) is 17.2 Å². The fourth-order valence-corrected chi connectivity index (χ4v) is 0.727. The quantitative estimate of drug-likeness (QED) is 0.390. The minimum atomic E-state index is -0.605. The Kier molecular flexibility index (Phi) is 2.09. The molecule has 2 N–H and O–H groups in total. The number of hydrogen-bond donors (Lipinski definition) is 2. The fourth-order valence-electron chi connectivity index (χ4n) is 0.727. The maximum atomic E-state index is 10.9. The number of aromatic amines is 1. The lowest BCUT2D eigenvalue weighted by atomic mass is 10.4. The van der Waals surface area contributed by atoms with Gasteiger partial charge >= 0.3 is 5.56 Å². The van der Waals surface area contributed by atoms with Gasteiger partial charge in [-0.15, -0.1) is 0 Å². The van der Waals surface area contributed by atoms with E-state index in [9.17, 15) is 14.8 Å². The van der Waals surface area contributed by atoms with E-state index >= 15 is 0 Å². The lowest BCUT2D eigenvalue weighted by Crippen LogP contribution is -2.35. The molecule has 0 spiro atoms. The van der Waals surface area contributed by atoms with Crippen molar-refractivity contribution in [1.82, 2.24) is 10.3 Å². The Hall–Kier alpha value is -1.85. The summed E-state index contributed by atoms with van der Waals surface area (Å²) in [6, 6.07) is 0. The van der Waals surface area contributed by atoms with Crippen LogP contribution in [0.5, 0.6) is 0 Å². The molecule has 1 aromatic rings. The van der Waals surface area contributed by atoms with Crippen molar-refractivity contribution in [3.05, 3.63) is 33.6 Å². The van der Waals surface area contributed by atoms with E-state index in [4.69, 9.17) is 0 Å². The maximum Gasteiger partial charge on any atom is 0.314 e. The highest BCUT2D eigenvalue weighted by molar-refractivity contribution is 5.91. The molecule has 0 saturated carbocycles. The molecule has 0 aliphatic carbocycles. The molecular formula is C6H7N3O3. The standard InChI is InChI=1S/C6H7N3O3/c1-7-6(11)4-2-9(12)3-5(10)8-4/h2-3H,1H3,(H,7,11)(H,8,10). The zero-order chi connectivity index (χ0) is 9.14. The van der Waals surface area contributed by atoms with E-state index in [1.807, 2.05) is 0 Å². The first kappa shape index (κ1) is 8.25. The molecule has 0 aliphatic heterocycles. The minimum absolute atomic E-state index is 0.0556. The fraction of sp³-hybridized carbons (Fsp3) is 0.167. The summed E-state index contributed by atoms with van der Waals surface area (Å²) in [5.41, 5.74) is -0.661. The Balaban J connectivity index is 3.17. The number of carbonyl (C=O) groups is 1. The molecule has 0 bridgehead atoms. The molecule has 0 radical (unpaired) electrons. The summed E-state index contributed by atoms with van der Waals surface area (Å²) in [5, 5.41) is 12.9. The van der Waals surface area contributed by atoms with Gasteiger partial charge in [-0.25, -0.2) is 0 Å². The largest absolute Gasteiger partial charge is 0.618 e. The van der Waals surface area contributed by atoms with Crippen LogP contribution < -0.4 is 15.6 Å². The molecule has 1 amide bonds. The highest BCUT2D eigenvalue weighted by Gasteiger charge is 2.07. The highest BCUT2D eigenvalue weighted by atomic mass is 16.5. The molecule has 6 heteroatoms. The van der Waals surface area contributed by atoms with Crippen molar-refractivity contribution in [2.75, 3.05) is 7.05 Å². The Bertz CT molecular complexity index is 357. The molecule has 0 fully saturated rings.